The fourth-order valence-electron chi connectivity index (χ4n) is 2.97. The van der Waals surface area contributed by atoms with Crippen LogP contribution in [0.2, 0.25) is 0 Å². The van der Waals surface area contributed by atoms with Crippen LogP contribution in [0.1, 0.15) is 22.3 Å². The smallest absolute Gasteiger partial charge is 0.349 e. The molecule has 1 N–H and O–H groups in total. The Morgan fingerprint density at radius 2 is 1.65 bits per heavy atom. The molecule has 0 unspecified atom stereocenters. The van der Waals surface area contributed by atoms with Gasteiger partial charge in [-0.3, -0.25) is 4.79 Å². The van der Waals surface area contributed by atoms with Gasteiger partial charge in [0.05, 0.1) is 0 Å². The number of benzene rings is 3. The van der Waals surface area contributed by atoms with Gasteiger partial charge in [0.2, 0.25) is 0 Å². The summed E-state index contributed by atoms with van der Waals surface area (Å²) in [6.45, 7) is 1.47. The van der Waals surface area contributed by atoms with Crippen molar-refractivity contribution in [1.29, 1.82) is 5.26 Å². The minimum atomic E-state index is -0.837. The maximum atomic E-state index is 12.3. The molecule has 0 bridgehead atoms. The monoisotopic (exact) mass is 410 g/mol. The van der Waals surface area contributed by atoms with E-state index in [1.54, 1.807) is 18.2 Å². The quantitative estimate of drug-likeness (QED) is 0.349. The first-order chi connectivity index (χ1) is 15.0. The first kappa shape index (κ1) is 21.5. The Bertz CT molecular complexity index is 1130. The van der Waals surface area contributed by atoms with Crippen LogP contribution < -0.4 is 5.32 Å². The lowest BCUT2D eigenvalue weighted by molar-refractivity contribution is -0.142. The number of nitriles is 1. The van der Waals surface area contributed by atoms with Gasteiger partial charge in [0, 0.05) is 5.69 Å². The molecule has 3 rings (SSSR count). The summed E-state index contributed by atoms with van der Waals surface area (Å²) in [6.07, 6.45) is 2.10. The Morgan fingerprint density at radius 1 is 0.968 bits per heavy atom. The molecule has 0 fully saturated rings. The van der Waals surface area contributed by atoms with Crippen LogP contribution in [0.4, 0.5) is 5.69 Å². The van der Waals surface area contributed by atoms with Gasteiger partial charge in [-0.15, -0.1) is 0 Å². The summed E-state index contributed by atoms with van der Waals surface area (Å²) < 4.78 is 5.04. The van der Waals surface area contributed by atoms with Gasteiger partial charge in [-0.05, 0) is 42.2 Å². The zero-order valence-electron chi connectivity index (χ0n) is 17.2. The van der Waals surface area contributed by atoms with E-state index in [0.717, 1.165) is 16.7 Å². The van der Waals surface area contributed by atoms with E-state index in [9.17, 15) is 14.9 Å². The number of ether oxygens (including phenoxy) is 1. The van der Waals surface area contributed by atoms with Crippen LogP contribution in [0, 0.1) is 18.3 Å². The second kappa shape index (κ2) is 10.6. The van der Waals surface area contributed by atoms with Crippen LogP contribution in [0.5, 0.6) is 0 Å². The highest BCUT2D eigenvalue weighted by Crippen LogP contribution is 2.19. The van der Waals surface area contributed by atoms with Crippen LogP contribution >= 0.6 is 0 Å². The third-order valence-corrected chi connectivity index (χ3v) is 4.59. The van der Waals surface area contributed by atoms with Crippen molar-refractivity contribution >= 4 is 23.6 Å². The van der Waals surface area contributed by atoms with Crippen LogP contribution in [-0.4, -0.2) is 18.5 Å². The van der Waals surface area contributed by atoms with Crippen LogP contribution in [0.15, 0.2) is 84.4 Å². The largest absolute Gasteiger partial charge is 0.451 e. The Morgan fingerprint density at radius 3 is 2.35 bits per heavy atom. The fourth-order valence-corrected chi connectivity index (χ4v) is 2.97. The number of hydrogen-bond donors (Lipinski definition) is 1. The molecule has 0 saturated carbocycles. The van der Waals surface area contributed by atoms with Crippen molar-refractivity contribution in [1.82, 2.24) is 0 Å². The predicted molar refractivity (Wildman–Crippen MR) is 120 cm³/mol. The van der Waals surface area contributed by atoms with Crippen molar-refractivity contribution in [3.8, 4) is 6.07 Å². The van der Waals surface area contributed by atoms with Gasteiger partial charge in [-0.1, -0.05) is 78.4 Å². The third kappa shape index (κ3) is 6.41. The standard InChI is InChI=1S/C26H22N2O3/c1-19-11-13-21(14-12-19)16-23(17-27)26(30)31-18-25(29)28-24-10-6-5-9-22(24)15-20-7-3-2-4-8-20/h2-14,16H,15,18H2,1H3,(H,28,29)/b23-16+. The average Bonchev–Trinajstić information content (AvgIpc) is 2.79. The van der Waals surface area contributed by atoms with Gasteiger partial charge in [0.15, 0.2) is 6.61 Å². The maximum Gasteiger partial charge on any atom is 0.349 e. The van der Waals surface area contributed by atoms with Crippen molar-refractivity contribution < 1.29 is 14.3 Å². The van der Waals surface area contributed by atoms with E-state index in [1.165, 1.54) is 6.08 Å². The third-order valence-electron chi connectivity index (χ3n) is 4.59. The van der Waals surface area contributed by atoms with Gasteiger partial charge >= 0.3 is 5.97 Å². The van der Waals surface area contributed by atoms with Gasteiger partial charge in [0.1, 0.15) is 11.6 Å². The highest BCUT2D eigenvalue weighted by atomic mass is 16.5. The van der Waals surface area contributed by atoms with Gasteiger partial charge in [-0.2, -0.15) is 5.26 Å². The molecule has 3 aromatic carbocycles. The molecule has 1 amide bonds. The van der Waals surface area contributed by atoms with E-state index >= 15 is 0 Å². The molecule has 0 aliphatic carbocycles. The van der Waals surface area contributed by atoms with Crippen molar-refractivity contribution in [2.45, 2.75) is 13.3 Å². The number of amides is 1. The van der Waals surface area contributed by atoms with E-state index in [1.807, 2.05) is 73.7 Å². The zero-order valence-corrected chi connectivity index (χ0v) is 17.2. The summed E-state index contributed by atoms with van der Waals surface area (Å²) in [5.41, 5.74) is 4.34. The molecule has 31 heavy (non-hydrogen) atoms. The van der Waals surface area contributed by atoms with E-state index in [0.29, 0.717) is 17.7 Å². The number of hydrogen-bond acceptors (Lipinski definition) is 4. The summed E-state index contributed by atoms with van der Waals surface area (Å²) in [4.78, 5) is 24.6. The molecular weight excluding hydrogens is 388 g/mol. The molecule has 0 spiro atoms. The predicted octanol–water partition coefficient (Wildman–Crippen LogP) is 4.67. The number of anilines is 1. The summed E-state index contributed by atoms with van der Waals surface area (Å²) in [5.74, 6) is -1.31. The lowest BCUT2D eigenvalue weighted by Gasteiger charge is -2.11. The topological polar surface area (TPSA) is 79.2 Å². The summed E-state index contributed by atoms with van der Waals surface area (Å²) in [7, 11) is 0. The van der Waals surface area contributed by atoms with Gasteiger partial charge < -0.3 is 10.1 Å². The Balaban J connectivity index is 1.60. The normalized spacial score (nSPS) is 10.8. The Hall–Kier alpha value is -4.17. The number of nitrogens with zero attached hydrogens (tertiary/aromatic N) is 1. The van der Waals surface area contributed by atoms with Gasteiger partial charge in [-0.25, -0.2) is 4.79 Å². The average molecular weight is 410 g/mol. The first-order valence-electron chi connectivity index (χ1n) is 9.82. The van der Waals surface area contributed by atoms with E-state index in [2.05, 4.69) is 5.32 Å². The van der Waals surface area contributed by atoms with Gasteiger partial charge in [0.25, 0.3) is 5.91 Å². The minimum Gasteiger partial charge on any atom is -0.451 e. The number of rotatable bonds is 7. The molecule has 0 aliphatic heterocycles. The molecule has 5 heteroatoms. The summed E-state index contributed by atoms with van der Waals surface area (Å²) in [6, 6.07) is 26.6. The molecule has 3 aromatic rings. The Labute approximate surface area is 181 Å². The van der Waals surface area contributed by atoms with Crippen LogP contribution in [0.25, 0.3) is 6.08 Å². The lowest BCUT2D eigenvalue weighted by Crippen LogP contribution is -2.22. The highest BCUT2D eigenvalue weighted by molar-refractivity contribution is 6.00. The molecule has 154 valence electrons. The van der Waals surface area contributed by atoms with E-state index in [-0.39, 0.29) is 5.57 Å². The van der Waals surface area contributed by atoms with E-state index < -0.39 is 18.5 Å². The Kier molecular flexibility index (Phi) is 7.34. The molecular formula is C26H22N2O3. The molecule has 5 nitrogen and oxygen atoms in total. The molecule has 0 atom stereocenters. The van der Waals surface area contributed by atoms with E-state index in [4.69, 9.17) is 4.74 Å². The van der Waals surface area contributed by atoms with Crippen molar-refractivity contribution in [3.05, 3.63) is 107 Å². The molecule has 0 heterocycles. The lowest BCUT2D eigenvalue weighted by atomic mass is 10.0. The number of nitrogens with one attached hydrogen (secondary N) is 1. The van der Waals surface area contributed by atoms with Crippen molar-refractivity contribution in [2.75, 3.05) is 11.9 Å². The highest BCUT2D eigenvalue weighted by Gasteiger charge is 2.14. The molecule has 0 aliphatic rings. The summed E-state index contributed by atoms with van der Waals surface area (Å²) in [5, 5.41) is 12.1. The second-order valence-corrected chi connectivity index (χ2v) is 7.02. The summed E-state index contributed by atoms with van der Waals surface area (Å²) >= 11 is 0. The van der Waals surface area contributed by atoms with Crippen LogP contribution in [0.3, 0.4) is 0 Å². The number of para-hydroxylation sites is 1. The second-order valence-electron chi connectivity index (χ2n) is 7.02. The minimum absolute atomic E-state index is 0.166. The maximum absolute atomic E-state index is 12.3. The zero-order chi connectivity index (χ0) is 22.1. The first-order valence-corrected chi connectivity index (χ1v) is 9.82. The number of carbonyl (C=O) groups is 2. The number of aryl methyl sites for hydroxylation is 1. The molecule has 0 radical (unpaired) electrons. The number of carbonyl (C=O) groups excluding carboxylic acids is 2. The fraction of sp³-hybridized carbons (Fsp3) is 0.115. The molecule has 0 saturated heterocycles. The number of esters is 1. The van der Waals surface area contributed by atoms with Crippen molar-refractivity contribution in [2.24, 2.45) is 0 Å². The molecule has 0 aromatic heterocycles. The van der Waals surface area contributed by atoms with Crippen molar-refractivity contribution in [3.63, 3.8) is 0 Å². The van der Waals surface area contributed by atoms with Crippen LogP contribution in [-0.2, 0) is 20.7 Å². The SMILES string of the molecule is Cc1ccc(/C=C(\C#N)C(=O)OCC(=O)Nc2ccccc2Cc2ccccc2)cc1.